The van der Waals surface area contributed by atoms with E-state index in [0.717, 1.165) is 24.3 Å². The van der Waals surface area contributed by atoms with Gasteiger partial charge in [-0.25, -0.2) is 9.97 Å². The molecule has 2 aromatic heterocycles. The van der Waals surface area contributed by atoms with Gasteiger partial charge in [0.1, 0.15) is 36.3 Å². The SMILES string of the molecule is [C-]#[N+]C([N+]#[C-])=c1nc2cc3c(-c4ccc(C(F)(F)F)cc4)c4oc(=C(C#N)C#N)nc4cc3c(-c3ccc(C(F)(F)F)cc3)c2o1. The molecule has 2 heterocycles. The van der Waals surface area contributed by atoms with E-state index in [4.69, 9.17) is 22.0 Å². The van der Waals surface area contributed by atoms with E-state index in [1.54, 1.807) is 12.1 Å². The molecule has 0 aliphatic heterocycles. The van der Waals surface area contributed by atoms with Gasteiger partial charge in [0.2, 0.25) is 5.55 Å². The van der Waals surface area contributed by atoms with Gasteiger partial charge in [-0.05, 0) is 58.3 Å². The van der Waals surface area contributed by atoms with E-state index in [9.17, 15) is 36.9 Å². The Hall–Kier alpha value is -6.64. The molecule has 0 amide bonds. The van der Waals surface area contributed by atoms with E-state index in [1.807, 2.05) is 0 Å². The van der Waals surface area contributed by atoms with Gasteiger partial charge in [-0.3, -0.25) is 0 Å². The Bertz CT molecular complexity index is 2320. The van der Waals surface area contributed by atoms with Crippen molar-refractivity contribution < 1.29 is 35.2 Å². The van der Waals surface area contributed by atoms with Crippen molar-refractivity contribution in [3.8, 4) is 34.4 Å². The van der Waals surface area contributed by atoms with Gasteiger partial charge in [0.05, 0.1) is 11.1 Å². The summed E-state index contributed by atoms with van der Waals surface area (Å²) in [5.41, 5.74) is -2.26. The predicted octanol–water partition coefficient (Wildman–Crippen LogP) is 7.60. The fourth-order valence-electron chi connectivity index (χ4n) is 4.97. The van der Waals surface area contributed by atoms with Crippen molar-refractivity contribution in [1.82, 2.24) is 9.97 Å². The Kier molecular flexibility index (Phi) is 6.73. The van der Waals surface area contributed by atoms with Crippen LogP contribution in [0.4, 0.5) is 26.3 Å². The van der Waals surface area contributed by atoms with E-state index in [-0.39, 0.29) is 66.3 Å². The Morgan fingerprint density at radius 1 is 0.652 bits per heavy atom. The van der Waals surface area contributed by atoms with Crippen molar-refractivity contribution in [3.63, 3.8) is 0 Å². The lowest BCUT2D eigenvalue weighted by molar-refractivity contribution is -0.138. The van der Waals surface area contributed by atoms with E-state index >= 15 is 0 Å². The zero-order valence-corrected chi connectivity index (χ0v) is 22.5. The Labute approximate surface area is 252 Å². The van der Waals surface area contributed by atoms with Crippen LogP contribution in [0.25, 0.3) is 76.3 Å². The van der Waals surface area contributed by atoms with Crippen molar-refractivity contribution in [2.45, 2.75) is 12.4 Å². The van der Waals surface area contributed by atoms with Gasteiger partial charge in [0, 0.05) is 11.1 Å². The van der Waals surface area contributed by atoms with Gasteiger partial charge in [-0.15, -0.1) is 9.69 Å². The van der Waals surface area contributed by atoms with Crippen LogP contribution < -0.4 is 11.1 Å². The first-order valence-electron chi connectivity index (χ1n) is 12.7. The highest BCUT2D eigenvalue weighted by Gasteiger charge is 2.32. The molecule has 0 N–H and O–H groups in total. The summed E-state index contributed by atoms with van der Waals surface area (Å²) in [6.45, 7) is 14.6. The molecule has 0 bridgehead atoms. The second-order valence-corrected chi connectivity index (χ2v) is 9.63. The molecule has 0 unspecified atom stereocenters. The Morgan fingerprint density at radius 2 is 1.04 bits per heavy atom. The van der Waals surface area contributed by atoms with Crippen LogP contribution in [0.15, 0.2) is 69.5 Å². The van der Waals surface area contributed by atoms with Crippen LogP contribution in [0.5, 0.6) is 0 Å². The standard InChI is InChI=1S/C32H10F6N6O2/c1-41-28(42-2)30-44-23-12-21-20(25(27(23)46-30)16-5-9-19(10-6-16)32(36,37)38)11-22-26(45-29(43-22)17(13-39)14-40)24(21)15-3-7-18(8-4-15)31(33,34)35/h3-12H. The fourth-order valence-corrected chi connectivity index (χ4v) is 4.97. The number of nitriles is 2. The van der Waals surface area contributed by atoms with E-state index in [0.29, 0.717) is 0 Å². The van der Waals surface area contributed by atoms with Crippen molar-refractivity contribution in [3.05, 3.63) is 106 Å². The average molecular weight is 624 g/mol. The molecular weight excluding hydrogens is 614 g/mol. The molecule has 8 nitrogen and oxygen atoms in total. The first-order valence-corrected chi connectivity index (χ1v) is 12.7. The number of fused-ring (bicyclic) bond motifs is 3. The lowest BCUT2D eigenvalue weighted by atomic mass is 9.90. The molecule has 0 aliphatic carbocycles. The molecule has 0 fully saturated rings. The highest BCUT2D eigenvalue weighted by molar-refractivity contribution is 6.19. The number of halogens is 6. The monoisotopic (exact) mass is 624 g/mol. The zero-order chi connectivity index (χ0) is 33.0. The first-order chi connectivity index (χ1) is 21.9. The van der Waals surface area contributed by atoms with Crippen LogP contribution in [-0.4, -0.2) is 9.97 Å². The number of nitrogens with zero attached hydrogens (tertiary/aromatic N) is 6. The summed E-state index contributed by atoms with van der Waals surface area (Å²) in [5.74, 6) is -0.516. The number of hydrogen-bond donors (Lipinski definition) is 0. The Morgan fingerprint density at radius 3 is 1.41 bits per heavy atom. The summed E-state index contributed by atoms with van der Waals surface area (Å²) < 4.78 is 92.2. The molecule has 0 saturated heterocycles. The maximum absolute atomic E-state index is 13.4. The maximum atomic E-state index is 13.4. The number of hydrogen-bond acceptors (Lipinski definition) is 6. The normalized spacial score (nSPS) is 11.6. The average Bonchev–Trinajstić information content (AvgIpc) is 3.63. The molecule has 0 saturated carbocycles. The molecule has 0 spiro atoms. The highest BCUT2D eigenvalue weighted by Crippen LogP contribution is 2.44. The second kappa shape index (κ2) is 10.5. The first kappa shape index (κ1) is 29.4. The molecule has 6 rings (SSSR count). The van der Waals surface area contributed by atoms with Crippen LogP contribution >= 0.6 is 0 Å². The third-order valence-corrected chi connectivity index (χ3v) is 6.99. The van der Waals surface area contributed by atoms with Gasteiger partial charge < -0.3 is 8.83 Å². The van der Waals surface area contributed by atoms with Crippen LogP contribution in [0.1, 0.15) is 11.1 Å². The van der Waals surface area contributed by atoms with Gasteiger partial charge in [-0.1, -0.05) is 24.3 Å². The molecule has 4 aromatic carbocycles. The molecular formula is C32H10F6N6O2. The van der Waals surface area contributed by atoms with Crippen LogP contribution in [-0.2, 0) is 12.4 Å². The second-order valence-electron chi connectivity index (χ2n) is 9.63. The summed E-state index contributed by atoms with van der Waals surface area (Å²) in [4.78, 5) is 14.8. The van der Waals surface area contributed by atoms with Crippen molar-refractivity contribution in [2.24, 2.45) is 0 Å². The topological polar surface area (TPSA) is 108 Å². The number of alkyl halides is 6. The molecule has 14 heteroatoms. The lowest BCUT2D eigenvalue weighted by Crippen LogP contribution is -2.04. The summed E-state index contributed by atoms with van der Waals surface area (Å²) in [5, 5.41) is 19.3. The van der Waals surface area contributed by atoms with Crippen molar-refractivity contribution in [2.75, 3.05) is 0 Å². The molecule has 46 heavy (non-hydrogen) atoms. The number of aromatic nitrogens is 2. The van der Waals surface area contributed by atoms with Crippen LogP contribution in [0.2, 0.25) is 0 Å². The van der Waals surface area contributed by atoms with Gasteiger partial charge in [0.25, 0.3) is 0 Å². The zero-order valence-electron chi connectivity index (χ0n) is 22.5. The van der Waals surface area contributed by atoms with E-state index in [2.05, 4.69) is 19.7 Å². The number of oxazole rings is 2. The summed E-state index contributed by atoms with van der Waals surface area (Å²) >= 11 is 0. The predicted molar refractivity (Wildman–Crippen MR) is 150 cm³/mol. The fraction of sp³-hybridized carbons (Fsp3) is 0.0625. The van der Waals surface area contributed by atoms with E-state index < -0.39 is 34.9 Å². The lowest BCUT2D eigenvalue weighted by Gasteiger charge is -2.14. The Balaban J connectivity index is 1.83. The highest BCUT2D eigenvalue weighted by atomic mass is 19.4. The van der Waals surface area contributed by atoms with Crippen LogP contribution in [0.3, 0.4) is 0 Å². The minimum Gasteiger partial charge on any atom is -0.440 e. The molecule has 0 atom stereocenters. The molecule has 0 radical (unpaired) electrons. The van der Waals surface area contributed by atoms with E-state index in [1.165, 1.54) is 36.4 Å². The number of rotatable bonds is 2. The molecule has 0 aliphatic rings. The third-order valence-electron chi connectivity index (χ3n) is 6.99. The minimum absolute atomic E-state index is 0.00482. The van der Waals surface area contributed by atoms with Gasteiger partial charge >= 0.3 is 23.7 Å². The quantitative estimate of drug-likeness (QED) is 0.145. The molecule has 222 valence electrons. The minimum atomic E-state index is -4.64. The summed E-state index contributed by atoms with van der Waals surface area (Å²) in [6.07, 6.45) is -9.29. The smallest absolute Gasteiger partial charge is 0.440 e. The van der Waals surface area contributed by atoms with Gasteiger partial charge in [-0.2, -0.15) is 36.9 Å². The third kappa shape index (κ3) is 4.81. The summed E-state index contributed by atoms with van der Waals surface area (Å²) in [6, 6.07) is 14.3. The number of benzene rings is 4. The molecule has 6 aromatic rings. The maximum Gasteiger partial charge on any atom is 0.582 e. The van der Waals surface area contributed by atoms with Gasteiger partial charge in [0.15, 0.2) is 16.7 Å². The van der Waals surface area contributed by atoms with Crippen molar-refractivity contribution >= 4 is 44.4 Å². The summed E-state index contributed by atoms with van der Waals surface area (Å²) in [7, 11) is 0. The largest absolute Gasteiger partial charge is 0.582 e. The van der Waals surface area contributed by atoms with Crippen molar-refractivity contribution in [1.29, 1.82) is 10.5 Å². The van der Waals surface area contributed by atoms with Crippen LogP contribution in [0, 0.1) is 35.8 Å².